The average Bonchev–Trinajstić information content (AvgIpc) is 2.53. The summed E-state index contributed by atoms with van der Waals surface area (Å²) < 4.78 is 17.2. The van der Waals surface area contributed by atoms with Crippen LogP contribution >= 0.6 is 7.75 Å². The van der Waals surface area contributed by atoms with Gasteiger partial charge < -0.3 is 25.4 Å². The first-order chi connectivity index (χ1) is 11.5. The quantitative estimate of drug-likeness (QED) is 0.242. The number of carbonyl (C=O) groups excluding carboxylic acids is 2. The van der Waals surface area contributed by atoms with Crippen molar-refractivity contribution in [1.29, 1.82) is 0 Å². The number of aromatic amines is 1. The van der Waals surface area contributed by atoms with E-state index >= 15 is 0 Å². The molecule has 136 valence electrons. The second-order valence-corrected chi connectivity index (χ2v) is 6.80. The number of hydrogen-bond donors (Lipinski definition) is 5. The van der Waals surface area contributed by atoms with Gasteiger partial charge in [-0.2, -0.15) is 0 Å². The molecule has 0 saturated carbocycles. The summed E-state index contributed by atoms with van der Waals surface area (Å²) in [4.78, 5) is 57.5. The molecule has 12 nitrogen and oxygen atoms in total. The predicted molar refractivity (Wildman–Crippen MR) is 80.1 cm³/mol. The molecule has 1 aromatic heterocycles. The van der Waals surface area contributed by atoms with Crippen molar-refractivity contribution < 1.29 is 38.6 Å². The molecular weight excluding hydrogens is 361 g/mol. The van der Waals surface area contributed by atoms with E-state index in [2.05, 4.69) is 9.51 Å². The van der Waals surface area contributed by atoms with Gasteiger partial charge in [0.05, 0.1) is 11.7 Å². The number of ketones is 1. The number of carbonyl (C=O) groups is 3. The smallest absolute Gasteiger partial charge is 0.435 e. The molecule has 3 atom stereocenters. The van der Waals surface area contributed by atoms with Gasteiger partial charge in [-0.05, 0) is 6.92 Å². The normalized spacial score (nSPS) is 22.0. The highest BCUT2D eigenvalue weighted by molar-refractivity contribution is 7.51. The van der Waals surface area contributed by atoms with E-state index in [-0.39, 0.29) is 5.69 Å². The van der Waals surface area contributed by atoms with Crippen molar-refractivity contribution in [2.24, 2.45) is 0 Å². The van der Waals surface area contributed by atoms with Crippen molar-refractivity contribution in [2.75, 3.05) is 6.61 Å². The first-order valence-electron chi connectivity index (χ1n) is 6.80. The number of hydrogen-bond acceptors (Lipinski definition) is 7. The molecule has 1 fully saturated rings. The zero-order valence-corrected chi connectivity index (χ0v) is 13.6. The first-order valence-corrected chi connectivity index (χ1v) is 8.33. The molecule has 0 bridgehead atoms. The molecule has 1 aliphatic rings. The van der Waals surface area contributed by atoms with E-state index in [1.165, 1.54) is 6.92 Å². The van der Waals surface area contributed by atoms with E-state index in [1.54, 1.807) is 0 Å². The van der Waals surface area contributed by atoms with Crippen molar-refractivity contribution in [3.05, 3.63) is 28.2 Å². The third-order valence-corrected chi connectivity index (χ3v) is 5.04. The molecule has 1 aromatic rings. The Hall–Kier alpha value is -2.69. The van der Waals surface area contributed by atoms with Crippen molar-refractivity contribution in [3.8, 4) is 5.75 Å². The minimum atomic E-state index is -4.70. The lowest BCUT2D eigenvalue weighted by atomic mass is 10.0. The Morgan fingerprint density at radius 2 is 2.08 bits per heavy atom. The third kappa shape index (κ3) is 3.71. The Bertz CT molecular complexity index is 835. The fourth-order valence-corrected chi connectivity index (χ4v) is 3.56. The molecule has 1 saturated heterocycles. The second kappa shape index (κ2) is 6.67. The third-order valence-electron chi connectivity index (χ3n) is 3.47. The number of aromatic hydroxyl groups is 1. The van der Waals surface area contributed by atoms with Gasteiger partial charge in [0.1, 0.15) is 12.6 Å². The number of β-lactam (4-membered cyclic amide) rings is 1. The van der Waals surface area contributed by atoms with Crippen molar-refractivity contribution >= 4 is 25.5 Å². The summed E-state index contributed by atoms with van der Waals surface area (Å²) in [5.74, 6) is -2.44. The number of pyridine rings is 1. The molecular formula is C12H14N3O9P. The number of rotatable bonds is 6. The number of H-pyrrole nitrogens is 1. The molecule has 2 unspecified atom stereocenters. The summed E-state index contributed by atoms with van der Waals surface area (Å²) in [6, 6.07) is -1.36. The molecule has 13 heteroatoms. The van der Waals surface area contributed by atoms with Crippen LogP contribution in [0.25, 0.3) is 0 Å². The van der Waals surface area contributed by atoms with Gasteiger partial charge in [-0.25, -0.2) is 14.0 Å². The maximum Gasteiger partial charge on any atom is 0.435 e. The Balaban J connectivity index is 2.02. The fraction of sp³-hybridized carbons (Fsp3) is 0.333. The molecule has 0 aliphatic carbocycles. The number of aromatic nitrogens is 1. The SMILES string of the molecule is C[C@H]1C(NC(=O)O)C(=O)N1P(=O)(O)OCC(=O)c1cc(=O)c(O)c[nH]1. The largest absolute Gasteiger partial charge is 0.503 e. The molecule has 2 amide bonds. The zero-order valence-electron chi connectivity index (χ0n) is 12.7. The van der Waals surface area contributed by atoms with E-state index in [4.69, 9.17) is 10.2 Å². The highest BCUT2D eigenvalue weighted by atomic mass is 31.2. The number of carboxylic acid groups (broad SMARTS) is 1. The van der Waals surface area contributed by atoms with Crippen LogP contribution in [0.2, 0.25) is 0 Å². The molecule has 1 aliphatic heterocycles. The molecule has 5 N–H and O–H groups in total. The minimum Gasteiger partial charge on any atom is -0.503 e. The predicted octanol–water partition coefficient (Wildman–Crippen LogP) is -0.753. The lowest BCUT2D eigenvalue weighted by Crippen LogP contribution is -2.68. The highest BCUT2D eigenvalue weighted by Gasteiger charge is 2.54. The lowest BCUT2D eigenvalue weighted by Gasteiger charge is -2.45. The zero-order chi connectivity index (χ0) is 18.9. The first kappa shape index (κ1) is 18.6. The van der Waals surface area contributed by atoms with E-state index < -0.39 is 55.4 Å². The number of Topliss-reactive ketones (excluding diaryl/α,β-unsaturated/α-hetero) is 1. The monoisotopic (exact) mass is 375 g/mol. The summed E-state index contributed by atoms with van der Waals surface area (Å²) in [5, 5.41) is 19.6. The van der Waals surface area contributed by atoms with Crippen LogP contribution < -0.4 is 10.7 Å². The van der Waals surface area contributed by atoms with Crippen LogP contribution in [0.15, 0.2) is 17.1 Å². The van der Waals surface area contributed by atoms with Crippen LogP contribution in [0.1, 0.15) is 17.4 Å². The van der Waals surface area contributed by atoms with Gasteiger partial charge in [0.2, 0.25) is 11.2 Å². The van der Waals surface area contributed by atoms with E-state index in [9.17, 15) is 28.6 Å². The van der Waals surface area contributed by atoms with Crippen LogP contribution in [-0.2, 0) is 13.9 Å². The van der Waals surface area contributed by atoms with Gasteiger partial charge in [-0.15, -0.1) is 0 Å². The van der Waals surface area contributed by atoms with Gasteiger partial charge in [-0.1, -0.05) is 0 Å². The standard InChI is InChI=1S/C12H14N3O9P/c1-5-10(14-12(20)21)11(19)15(5)25(22,23)24-4-9(18)6-2-7(16)8(17)3-13-6/h2-3,5,10,14,17H,4H2,1H3,(H,13,16)(H,20,21)(H,22,23)/t5-,10?/m0/s1. The summed E-state index contributed by atoms with van der Waals surface area (Å²) in [5.41, 5.74) is -1.10. The summed E-state index contributed by atoms with van der Waals surface area (Å²) in [6.07, 6.45) is -0.595. The van der Waals surface area contributed by atoms with Crippen LogP contribution in [0, 0.1) is 0 Å². The summed E-state index contributed by atoms with van der Waals surface area (Å²) >= 11 is 0. The van der Waals surface area contributed by atoms with Crippen molar-refractivity contribution in [1.82, 2.24) is 15.0 Å². The molecule has 2 rings (SSSR count). The highest BCUT2D eigenvalue weighted by Crippen LogP contribution is 2.52. The Morgan fingerprint density at radius 1 is 1.44 bits per heavy atom. The van der Waals surface area contributed by atoms with E-state index in [0.29, 0.717) is 4.67 Å². The molecule has 2 heterocycles. The molecule has 25 heavy (non-hydrogen) atoms. The number of amides is 2. The van der Waals surface area contributed by atoms with Crippen LogP contribution in [-0.4, -0.2) is 61.2 Å². The van der Waals surface area contributed by atoms with Gasteiger partial charge in [0.25, 0.3) is 5.91 Å². The molecule has 0 spiro atoms. The number of nitrogens with one attached hydrogen (secondary N) is 2. The maximum atomic E-state index is 12.1. The Morgan fingerprint density at radius 3 is 2.60 bits per heavy atom. The Labute approximate surface area is 139 Å². The fourth-order valence-electron chi connectivity index (χ4n) is 2.19. The minimum absolute atomic E-state index is 0.267. The topological polar surface area (TPSA) is 186 Å². The van der Waals surface area contributed by atoms with Crippen molar-refractivity contribution in [2.45, 2.75) is 19.0 Å². The van der Waals surface area contributed by atoms with E-state index in [0.717, 1.165) is 12.3 Å². The van der Waals surface area contributed by atoms with Gasteiger partial charge >= 0.3 is 13.8 Å². The van der Waals surface area contributed by atoms with E-state index in [1.807, 2.05) is 5.32 Å². The van der Waals surface area contributed by atoms with Crippen LogP contribution in [0.4, 0.5) is 4.79 Å². The molecule has 0 radical (unpaired) electrons. The van der Waals surface area contributed by atoms with Crippen LogP contribution in [0.3, 0.4) is 0 Å². The maximum absolute atomic E-state index is 12.1. The van der Waals surface area contributed by atoms with Gasteiger partial charge in [0, 0.05) is 12.3 Å². The average molecular weight is 375 g/mol. The second-order valence-electron chi connectivity index (χ2n) is 5.13. The van der Waals surface area contributed by atoms with Gasteiger partial charge in [0.15, 0.2) is 5.75 Å². The van der Waals surface area contributed by atoms with Crippen LogP contribution in [0.5, 0.6) is 5.75 Å². The van der Waals surface area contributed by atoms with Gasteiger partial charge in [-0.3, -0.25) is 18.9 Å². The summed E-state index contributed by atoms with van der Waals surface area (Å²) in [6.45, 7) is 0.398. The lowest BCUT2D eigenvalue weighted by molar-refractivity contribution is -0.142. The number of nitrogens with zero attached hydrogens (tertiary/aromatic N) is 1. The van der Waals surface area contributed by atoms with Crippen molar-refractivity contribution in [3.63, 3.8) is 0 Å². The molecule has 0 aromatic carbocycles. The Kier molecular flexibility index (Phi) is 4.97. The summed E-state index contributed by atoms with van der Waals surface area (Å²) in [7, 11) is -4.70.